The van der Waals surface area contributed by atoms with Gasteiger partial charge in [0.1, 0.15) is 0 Å². The average Bonchev–Trinajstić information content (AvgIpc) is 2.73. The molecule has 110 valence electrons. The number of rotatable bonds is 2. The molecule has 0 aromatic heterocycles. The van der Waals surface area contributed by atoms with E-state index in [0.717, 1.165) is 19.7 Å². The van der Waals surface area contributed by atoms with Crippen molar-refractivity contribution >= 4 is 0 Å². The third-order valence-electron chi connectivity index (χ3n) is 4.66. The Hall–Kier alpha value is -0.900. The highest BCUT2D eigenvalue weighted by molar-refractivity contribution is 5.33. The minimum absolute atomic E-state index is 0.237. The van der Waals surface area contributed by atoms with E-state index in [-0.39, 0.29) is 6.10 Å². The summed E-state index contributed by atoms with van der Waals surface area (Å²) in [5.41, 5.74) is 2.94. The van der Waals surface area contributed by atoms with Crippen molar-refractivity contribution in [2.24, 2.45) is 0 Å². The minimum atomic E-state index is 0.237. The topological polar surface area (TPSA) is 24.5 Å². The molecule has 0 saturated carbocycles. The number of hydrogen-bond acceptors (Lipinski definition) is 3. The van der Waals surface area contributed by atoms with Gasteiger partial charge in [0.15, 0.2) is 0 Å². The van der Waals surface area contributed by atoms with Gasteiger partial charge >= 0.3 is 0 Å². The van der Waals surface area contributed by atoms with E-state index in [0.29, 0.717) is 5.92 Å². The Morgan fingerprint density at radius 1 is 1.15 bits per heavy atom. The van der Waals surface area contributed by atoms with Crippen LogP contribution >= 0.6 is 0 Å². The smallest absolute Gasteiger partial charge is 0.0952 e. The van der Waals surface area contributed by atoms with Crippen molar-refractivity contribution in [2.75, 3.05) is 39.8 Å². The molecule has 2 unspecified atom stereocenters. The summed E-state index contributed by atoms with van der Waals surface area (Å²) < 4.78 is 5.97. The lowest BCUT2D eigenvalue weighted by Gasteiger charge is -2.28. The van der Waals surface area contributed by atoms with Crippen LogP contribution in [-0.2, 0) is 4.74 Å². The van der Waals surface area contributed by atoms with Gasteiger partial charge in [-0.2, -0.15) is 0 Å². The molecule has 0 bridgehead atoms. The van der Waals surface area contributed by atoms with Gasteiger partial charge < -0.3 is 15.0 Å². The van der Waals surface area contributed by atoms with Crippen molar-refractivity contribution in [3.63, 3.8) is 0 Å². The fourth-order valence-corrected chi connectivity index (χ4v) is 3.49. The average molecular weight is 274 g/mol. The van der Waals surface area contributed by atoms with Crippen LogP contribution in [0, 0.1) is 0 Å². The molecule has 0 aliphatic carbocycles. The lowest BCUT2D eigenvalue weighted by molar-refractivity contribution is 0.0269. The molecule has 2 aliphatic heterocycles. The maximum atomic E-state index is 5.97. The predicted octanol–water partition coefficient (Wildman–Crippen LogP) is 2.55. The Kier molecular flexibility index (Phi) is 4.71. The van der Waals surface area contributed by atoms with Crippen molar-refractivity contribution in [1.29, 1.82) is 0 Å². The summed E-state index contributed by atoms with van der Waals surface area (Å²) >= 11 is 0. The van der Waals surface area contributed by atoms with Crippen molar-refractivity contribution in [1.82, 2.24) is 10.2 Å². The first-order chi connectivity index (χ1) is 9.84. The van der Waals surface area contributed by atoms with Crippen LogP contribution in [0.3, 0.4) is 0 Å². The van der Waals surface area contributed by atoms with Gasteiger partial charge in [0.2, 0.25) is 0 Å². The van der Waals surface area contributed by atoms with Crippen LogP contribution in [0.5, 0.6) is 0 Å². The number of likely N-dealkylation sites (tertiary alicyclic amines) is 1. The number of nitrogens with one attached hydrogen (secondary N) is 1. The van der Waals surface area contributed by atoms with Gasteiger partial charge in [-0.25, -0.2) is 0 Å². The van der Waals surface area contributed by atoms with Crippen molar-refractivity contribution in [3.8, 4) is 0 Å². The van der Waals surface area contributed by atoms with Crippen LogP contribution in [0.25, 0.3) is 0 Å². The summed E-state index contributed by atoms with van der Waals surface area (Å²) in [6.07, 6.45) is 4.12. The lowest BCUT2D eigenvalue weighted by Crippen LogP contribution is -2.34. The van der Waals surface area contributed by atoms with Gasteiger partial charge in [-0.1, -0.05) is 24.3 Å². The third kappa shape index (κ3) is 3.22. The van der Waals surface area contributed by atoms with Gasteiger partial charge in [0.05, 0.1) is 12.7 Å². The standard InChI is InChI=1S/C17H26N2O/c1-19-10-4-5-14(8-11-19)15-6-2-3-7-16(15)17-13-18-9-12-20-17/h2-3,6-7,14,17-18H,4-5,8-13H2,1H3. The minimum Gasteiger partial charge on any atom is -0.371 e. The van der Waals surface area contributed by atoms with Crippen molar-refractivity contribution in [3.05, 3.63) is 35.4 Å². The summed E-state index contributed by atoms with van der Waals surface area (Å²) in [5, 5.41) is 3.45. The molecule has 2 atom stereocenters. The van der Waals surface area contributed by atoms with E-state index >= 15 is 0 Å². The zero-order valence-corrected chi connectivity index (χ0v) is 12.5. The Morgan fingerprint density at radius 3 is 2.80 bits per heavy atom. The van der Waals surface area contributed by atoms with E-state index in [4.69, 9.17) is 4.74 Å². The molecule has 0 spiro atoms. The quantitative estimate of drug-likeness (QED) is 0.897. The summed E-state index contributed by atoms with van der Waals surface area (Å²) in [6.45, 7) is 5.20. The fraction of sp³-hybridized carbons (Fsp3) is 0.647. The Bertz CT molecular complexity index is 429. The molecular weight excluding hydrogens is 248 g/mol. The van der Waals surface area contributed by atoms with Crippen LogP contribution in [0.2, 0.25) is 0 Å². The first-order valence-electron chi connectivity index (χ1n) is 7.94. The molecule has 3 rings (SSSR count). The van der Waals surface area contributed by atoms with Gasteiger partial charge in [0, 0.05) is 13.1 Å². The van der Waals surface area contributed by atoms with E-state index in [1.54, 1.807) is 0 Å². The number of hydrogen-bond donors (Lipinski definition) is 1. The molecule has 0 radical (unpaired) electrons. The fourth-order valence-electron chi connectivity index (χ4n) is 3.49. The second-order valence-electron chi connectivity index (χ2n) is 6.12. The Morgan fingerprint density at radius 2 is 2.00 bits per heavy atom. The van der Waals surface area contributed by atoms with E-state index < -0.39 is 0 Å². The SMILES string of the molecule is CN1CCCC(c2ccccc2C2CNCCO2)CC1. The van der Waals surface area contributed by atoms with Gasteiger partial charge in [-0.3, -0.25) is 0 Å². The lowest BCUT2D eigenvalue weighted by atomic mass is 9.86. The number of ether oxygens (including phenoxy) is 1. The molecule has 3 heteroatoms. The first-order valence-corrected chi connectivity index (χ1v) is 7.94. The predicted molar refractivity (Wildman–Crippen MR) is 82.1 cm³/mol. The Labute approximate surface area is 122 Å². The molecule has 0 amide bonds. The van der Waals surface area contributed by atoms with Gasteiger partial charge in [-0.15, -0.1) is 0 Å². The normalized spacial score (nSPS) is 29.1. The van der Waals surface area contributed by atoms with Crippen LogP contribution in [0.15, 0.2) is 24.3 Å². The number of benzene rings is 1. The van der Waals surface area contributed by atoms with E-state index in [2.05, 4.69) is 41.5 Å². The van der Waals surface area contributed by atoms with Crippen LogP contribution < -0.4 is 5.32 Å². The molecular formula is C17H26N2O. The molecule has 1 aromatic rings. The highest BCUT2D eigenvalue weighted by Gasteiger charge is 2.24. The number of morpholine rings is 1. The zero-order chi connectivity index (χ0) is 13.8. The summed E-state index contributed by atoms with van der Waals surface area (Å²) in [7, 11) is 2.24. The van der Waals surface area contributed by atoms with Crippen LogP contribution in [0.1, 0.15) is 42.4 Å². The number of nitrogens with zero attached hydrogens (tertiary/aromatic N) is 1. The van der Waals surface area contributed by atoms with E-state index in [1.165, 1.54) is 43.5 Å². The molecule has 2 fully saturated rings. The Balaban J connectivity index is 1.81. The van der Waals surface area contributed by atoms with Gasteiger partial charge in [0.25, 0.3) is 0 Å². The molecule has 2 heterocycles. The molecule has 2 aliphatic rings. The van der Waals surface area contributed by atoms with Crippen molar-refractivity contribution in [2.45, 2.75) is 31.3 Å². The summed E-state index contributed by atoms with van der Waals surface area (Å²) in [5.74, 6) is 0.696. The summed E-state index contributed by atoms with van der Waals surface area (Å²) in [6, 6.07) is 8.92. The molecule has 3 nitrogen and oxygen atoms in total. The van der Waals surface area contributed by atoms with Gasteiger partial charge in [-0.05, 0) is 56.4 Å². The maximum Gasteiger partial charge on any atom is 0.0952 e. The monoisotopic (exact) mass is 274 g/mol. The summed E-state index contributed by atoms with van der Waals surface area (Å²) in [4.78, 5) is 2.46. The molecule has 1 aromatic carbocycles. The van der Waals surface area contributed by atoms with E-state index in [9.17, 15) is 0 Å². The maximum absolute atomic E-state index is 5.97. The largest absolute Gasteiger partial charge is 0.371 e. The van der Waals surface area contributed by atoms with Crippen LogP contribution in [0.4, 0.5) is 0 Å². The second kappa shape index (κ2) is 6.70. The molecule has 2 saturated heterocycles. The van der Waals surface area contributed by atoms with Crippen LogP contribution in [-0.4, -0.2) is 44.7 Å². The first kappa shape index (κ1) is 14.1. The zero-order valence-electron chi connectivity index (χ0n) is 12.5. The molecule has 20 heavy (non-hydrogen) atoms. The highest BCUT2D eigenvalue weighted by atomic mass is 16.5. The molecule has 1 N–H and O–H groups in total. The second-order valence-corrected chi connectivity index (χ2v) is 6.12. The van der Waals surface area contributed by atoms with Crippen molar-refractivity contribution < 1.29 is 4.74 Å². The highest BCUT2D eigenvalue weighted by Crippen LogP contribution is 2.34. The van der Waals surface area contributed by atoms with E-state index in [1.807, 2.05) is 0 Å². The third-order valence-corrected chi connectivity index (χ3v) is 4.66.